The molecule has 4 heterocycles. The lowest BCUT2D eigenvalue weighted by Crippen LogP contribution is -2.20. The number of allylic oxidation sites excluding steroid dienone is 2. The van der Waals surface area contributed by atoms with E-state index < -0.39 is 29.6 Å². The van der Waals surface area contributed by atoms with Crippen molar-refractivity contribution < 1.29 is 33.4 Å². The second kappa shape index (κ2) is 18.3. The molecule has 4 aromatic heterocycles. The van der Waals surface area contributed by atoms with Crippen LogP contribution in [0.3, 0.4) is 0 Å². The van der Waals surface area contributed by atoms with Crippen LogP contribution in [-0.4, -0.2) is 82.0 Å². The molecule has 6 N–H and O–H groups in total. The number of nitrogens with two attached hydrogens (primary N) is 2. The standard InChI is InChI=1S/C39H44N12O7.CH4/c1-6-50-29(17-22(3)46-50)36(55)44-38-42-26-19-24(34(40)53)12-13-28(26)48(38)14-8-9-15-49-33-27(43-39(49)45-37(56)30-18-23(4)47-51(30)7-2)20-25(35(41)54)21-31(33)58-16-10-11-32(52)57-5;/h8-9,12-13,17-21H,6-7,10-11,14-16H2,1-5H3,(H2,40,53)(H2,41,54)(H,42,44,55)(H,43,45,56);1H4/b9-8+;. The minimum Gasteiger partial charge on any atom is -0.491 e. The number of benzene rings is 2. The molecule has 0 saturated carbocycles. The molecule has 19 heteroatoms. The van der Waals surface area contributed by atoms with Gasteiger partial charge in [-0.2, -0.15) is 10.2 Å². The third-order valence-electron chi connectivity index (χ3n) is 9.20. The number of ether oxygens (including phenoxy) is 2. The van der Waals surface area contributed by atoms with Gasteiger partial charge in [-0.05, 0) is 76.6 Å². The van der Waals surface area contributed by atoms with E-state index in [0.717, 1.165) is 0 Å². The third-order valence-corrected chi connectivity index (χ3v) is 9.20. The normalized spacial score (nSPS) is 11.2. The molecule has 0 spiro atoms. The summed E-state index contributed by atoms with van der Waals surface area (Å²) in [5.41, 5.74) is 15.5. The second-order valence-electron chi connectivity index (χ2n) is 13.2. The van der Waals surface area contributed by atoms with E-state index in [9.17, 15) is 24.0 Å². The Labute approximate surface area is 339 Å². The highest BCUT2D eigenvalue weighted by molar-refractivity contribution is 6.05. The molecule has 0 aliphatic heterocycles. The third kappa shape index (κ3) is 9.30. The lowest BCUT2D eigenvalue weighted by molar-refractivity contribution is -0.140. The molecular weight excluding hydrogens is 761 g/mol. The SMILES string of the molecule is C.CCn1nc(C)cc1C(=O)Nc1nc2cc(C(N)=O)ccc2n1C/C=C/Cn1c(NC(=O)c2cc(C)nn2CC)nc2cc(C(N)=O)cc(OCCCC(=O)OC)c21. The Morgan fingerprint density at radius 2 is 1.29 bits per heavy atom. The Balaban J connectivity index is 0.00000661. The molecular formula is C40H48N12O7. The number of carbonyl (C=O) groups is 5. The fourth-order valence-corrected chi connectivity index (χ4v) is 6.45. The van der Waals surface area contributed by atoms with E-state index >= 15 is 0 Å². The summed E-state index contributed by atoms with van der Waals surface area (Å²) in [7, 11) is 1.30. The zero-order chi connectivity index (χ0) is 41.7. The summed E-state index contributed by atoms with van der Waals surface area (Å²) in [5, 5.41) is 14.6. The highest BCUT2D eigenvalue weighted by atomic mass is 16.5. The number of aryl methyl sites for hydroxylation is 4. The van der Waals surface area contributed by atoms with Crippen molar-refractivity contribution in [1.82, 2.24) is 38.7 Å². The molecule has 310 valence electrons. The van der Waals surface area contributed by atoms with Crippen LogP contribution in [0.5, 0.6) is 5.75 Å². The van der Waals surface area contributed by atoms with Gasteiger partial charge in [0.25, 0.3) is 11.8 Å². The number of nitrogens with one attached hydrogen (secondary N) is 2. The Bertz CT molecular complexity index is 2590. The van der Waals surface area contributed by atoms with Crippen molar-refractivity contribution in [3.63, 3.8) is 0 Å². The van der Waals surface area contributed by atoms with Gasteiger partial charge in [0.2, 0.25) is 23.7 Å². The number of hydrogen-bond acceptors (Lipinski definition) is 11. The first-order valence-electron chi connectivity index (χ1n) is 18.5. The zero-order valence-electron chi connectivity index (χ0n) is 32.7. The fraction of sp³-hybridized carbons (Fsp3) is 0.325. The number of anilines is 2. The van der Waals surface area contributed by atoms with Crippen LogP contribution in [0, 0.1) is 13.8 Å². The first kappa shape index (κ1) is 42.8. The summed E-state index contributed by atoms with van der Waals surface area (Å²) in [6.07, 6.45) is 4.10. The van der Waals surface area contributed by atoms with Crippen LogP contribution in [0.2, 0.25) is 0 Å². The van der Waals surface area contributed by atoms with E-state index in [1.165, 1.54) is 19.2 Å². The number of primary amides is 2. The van der Waals surface area contributed by atoms with Crippen LogP contribution in [-0.2, 0) is 35.7 Å². The van der Waals surface area contributed by atoms with Gasteiger partial charge in [0.1, 0.15) is 22.7 Å². The van der Waals surface area contributed by atoms with E-state index in [1.807, 2.05) is 26.0 Å². The molecule has 0 bridgehead atoms. The maximum absolute atomic E-state index is 13.7. The summed E-state index contributed by atoms with van der Waals surface area (Å²) in [6.45, 7) is 8.73. The number of aromatic nitrogens is 8. The zero-order valence-corrected chi connectivity index (χ0v) is 32.7. The van der Waals surface area contributed by atoms with E-state index in [0.29, 0.717) is 64.4 Å². The number of rotatable bonds is 17. The number of esters is 1. The second-order valence-corrected chi connectivity index (χ2v) is 13.2. The molecule has 59 heavy (non-hydrogen) atoms. The van der Waals surface area contributed by atoms with E-state index in [-0.39, 0.29) is 62.3 Å². The lowest BCUT2D eigenvalue weighted by Gasteiger charge is -2.13. The number of carbonyl (C=O) groups excluding carboxylic acids is 5. The topological polar surface area (TPSA) is 251 Å². The van der Waals surface area contributed by atoms with Crippen molar-refractivity contribution in [1.29, 1.82) is 0 Å². The maximum atomic E-state index is 13.7. The van der Waals surface area contributed by atoms with E-state index in [4.69, 9.17) is 25.9 Å². The fourth-order valence-electron chi connectivity index (χ4n) is 6.45. The largest absolute Gasteiger partial charge is 0.491 e. The Hall–Kier alpha value is -7.31. The van der Waals surface area contributed by atoms with Crippen LogP contribution < -0.4 is 26.8 Å². The molecule has 2 aromatic carbocycles. The van der Waals surface area contributed by atoms with Gasteiger partial charge >= 0.3 is 5.97 Å². The maximum Gasteiger partial charge on any atom is 0.305 e. The first-order valence-corrected chi connectivity index (χ1v) is 18.5. The molecule has 0 fully saturated rings. The smallest absolute Gasteiger partial charge is 0.305 e. The first-order chi connectivity index (χ1) is 27.8. The monoisotopic (exact) mass is 808 g/mol. The van der Waals surface area contributed by atoms with Crippen molar-refractivity contribution >= 4 is 63.6 Å². The molecule has 6 rings (SSSR count). The van der Waals surface area contributed by atoms with Crippen LogP contribution in [0.25, 0.3) is 22.1 Å². The van der Waals surface area contributed by atoms with Gasteiger partial charge in [-0.3, -0.25) is 44.0 Å². The molecule has 0 unspecified atom stereocenters. The molecule has 0 aliphatic carbocycles. The van der Waals surface area contributed by atoms with Crippen molar-refractivity contribution in [2.45, 2.75) is 74.1 Å². The van der Waals surface area contributed by atoms with Crippen molar-refractivity contribution in [2.24, 2.45) is 11.5 Å². The molecule has 0 saturated heterocycles. The lowest BCUT2D eigenvalue weighted by atomic mass is 10.1. The Morgan fingerprint density at radius 3 is 1.85 bits per heavy atom. The highest BCUT2D eigenvalue weighted by Crippen LogP contribution is 2.32. The molecule has 19 nitrogen and oxygen atoms in total. The molecule has 0 radical (unpaired) electrons. The van der Waals surface area contributed by atoms with Gasteiger partial charge < -0.3 is 30.1 Å². The average molecular weight is 809 g/mol. The molecule has 0 atom stereocenters. The molecule has 6 aromatic rings. The Kier molecular flexibility index (Phi) is 13.3. The number of amides is 4. The van der Waals surface area contributed by atoms with Crippen LogP contribution in [0.1, 0.15) is 87.2 Å². The summed E-state index contributed by atoms with van der Waals surface area (Å²) in [5.74, 6) is -1.99. The number of methoxy groups -OCH3 is 1. The van der Waals surface area contributed by atoms with Crippen molar-refractivity contribution in [3.05, 3.63) is 88.5 Å². The summed E-state index contributed by atoms with van der Waals surface area (Å²) < 4.78 is 17.5. The minimum atomic E-state index is -0.712. The van der Waals surface area contributed by atoms with Crippen LogP contribution in [0.15, 0.2) is 54.6 Å². The molecule has 0 aliphatic rings. The number of imidazole rings is 2. The van der Waals surface area contributed by atoms with E-state index in [2.05, 4.69) is 25.8 Å². The summed E-state index contributed by atoms with van der Waals surface area (Å²) in [6, 6.07) is 11.2. The van der Waals surface area contributed by atoms with Gasteiger partial charge in [0.15, 0.2) is 0 Å². The number of hydrogen-bond donors (Lipinski definition) is 4. The minimum absolute atomic E-state index is 0. The number of fused-ring (bicyclic) bond motifs is 2. The average Bonchev–Trinajstić information content (AvgIpc) is 3.96. The van der Waals surface area contributed by atoms with Gasteiger partial charge in [-0.25, -0.2) is 9.97 Å². The van der Waals surface area contributed by atoms with Crippen LogP contribution in [0.4, 0.5) is 11.9 Å². The molecule has 4 amide bonds. The van der Waals surface area contributed by atoms with Crippen LogP contribution >= 0.6 is 0 Å². The van der Waals surface area contributed by atoms with Gasteiger partial charge in [0.05, 0.1) is 41.7 Å². The van der Waals surface area contributed by atoms with Crippen molar-refractivity contribution in [2.75, 3.05) is 24.4 Å². The predicted molar refractivity (Wildman–Crippen MR) is 220 cm³/mol. The quantitative estimate of drug-likeness (QED) is 0.0572. The number of nitrogens with zero attached hydrogens (tertiary/aromatic N) is 8. The van der Waals surface area contributed by atoms with Gasteiger partial charge in [-0.1, -0.05) is 19.6 Å². The van der Waals surface area contributed by atoms with Gasteiger partial charge in [0, 0.05) is 43.7 Å². The summed E-state index contributed by atoms with van der Waals surface area (Å²) in [4.78, 5) is 72.6. The van der Waals surface area contributed by atoms with E-state index in [1.54, 1.807) is 62.7 Å². The van der Waals surface area contributed by atoms with Gasteiger partial charge in [-0.15, -0.1) is 0 Å². The highest BCUT2D eigenvalue weighted by Gasteiger charge is 2.23. The van der Waals surface area contributed by atoms with Crippen molar-refractivity contribution in [3.8, 4) is 5.75 Å². The summed E-state index contributed by atoms with van der Waals surface area (Å²) >= 11 is 0. The Morgan fingerprint density at radius 1 is 0.746 bits per heavy atom. The predicted octanol–water partition coefficient (Wildman–Crippen LogP) is 4.36.